The number of aliphatic hydroxyl groups is 3. The van der Waals surface area contributed by atoms with E-state index < -0.39 is 31.0 Å². The van der Waals surface area contributed by atoms with Crippen LogP contribution >= 0.6 is 0 Å². The van der Waals surface area contributed by atoms with Crippen LogP contribution in [0.5, 0.6) is 0 Å². The van der Waals surface area contributed by atoms with Crippen LogP contribution in [0.4, 0.5) is 0 Å². The van der Waals surface area contributed by atoms with E-state index in [-0.39, 0.29) is 6.61 Å². The Balaban J connectivity index is 1.93. The van der Waals surface area contributed by atoms with Gasteiger partial charge in [0.15, 0.2) is 0 Å². The van der Waals surface area contributed by atoms with Crippen molar-refractivity contribution in [3.8, 4) is 0 Å². The first-order valence-electron chi connectivity index (χ1n) is 10.1. The zero-order valence-corrected chi connectivity index (χ0v) is 15.8. The van der Waals surface area contributed by atoms with Crippen LogP contribution in [0.15, 0.2) is 12.2 Å². The summed E-state index contributed by atoms with van der Waals surface area (Å²) >= 11 is 0. The molecule has 1 saturated heterocycles. The summed E-state index contributed by atoms with van der Waals surface area (Å²) in [6.45, 7) is 2.61. The van der Waals surface area contributed by atoms with Gasteiger partial charge in [-0.15, -0.1) is 0 Å². The molecule has 1 aliphatic rings. The van der Waals surface area contributed by atoms with E-state index in [0.29, 0.717) is 6.61 Å². The molecule has 0 aromatic carbocycles. The lowest BCUT2D eigenvalue weighted by Crippen LogP contribution is -2.41. The topological polar surface area (TPSA) is 79.2 Å². The molecule has 25 heavy (non-hydrogen) atoms. The molecule has 0 bridgehead atoms. The van der Waals surface area contributed by atoms with Gasteiger partial charge in [-0.2, -0.15) is 0 Å². The molecule has 1 rings (SSSR count). The Hall–Kier alpha value is -0.460. The highest BCUT2D eigenvalue weighted by Gasteiger charge is 2.40. The first-order valence-corrected chi connectivity index (χ1v) is 10.1. The molecule has 1 aliphatic heterocycles. The molecule has 5 heteroatoms. The first kappa shape index (κ1) is 22.6. The zero-order valence-electron chi connectivity index (χ0n) is 15.8. The predicted molar refractivity (Wildman–Crippen MR) is 99.6 cm³/mol. The maximum Gasteiger partial charge on any atom is 0.114 e. The molecule has 0 unspecified atom stereocenters. The molecule has 3 N–H and O–H groups in total. The minimum Gasteiger partial charge on any atom is -0.394 e. The Kier molecular flexibility index (Phi) is 13.3. The molecule has 0 aliphatic carbocycles. The summed E-state index contributed by atoms with van der Waals surface area (Å²) in [5.41, 5.74) is 0. The predicted octanol–water partition coefficient (Wildman–Crippen LogP) is 2.96. The first-order chi connectivity index (χ1) is 12.2. The summed E-state index contributed by atoms with van der Waals surface area (Å²) in [5.74, 6) is 0. The number of rotatable bonds is 15. The van der Waals surface area contributed by atoms with Crippen molar-refractivity contribution < 1.29 is 24.8 Å². The fourth-order valence-electron chi connectivity index (χ4n) is 3.12. The molecular weight excluding hydrogens is 320 g/mol. The molecule has 0 aromatic heterocycles. The SMILES string of the molecule is CCCCCCCCCC/C=C/CCO[C@@H]1CO[C@@H]([C@@H](O)CO)[C@H]1O. The quantitative estimate of drug-likeness (QED) is 0.310. The van der Waals surface area contributed by atoms with Gasteiger partial charge in [0.05, 0.1) is 19.8 Å². The summed E-state index contributed by atoms with van der Waals surface area (Å²) in [7, 11) is 0. The normalized spacial score (nSPS) is 25.0. The Bertz CT molecular complexity index is 334. The Morgan fingerprint density at radius 3 is 2.36 bits per heavy atom. The minimum absolute atomic E-state index is 0.255. The fraction of sp³-hybridized carbons (Fsp3) is 0.900. The fourth-order valence-corrected chi connectivity index (χ4v) is 3.12. The van der Waals surface area contributed by atoms with Crippen molar-refractivity contribution in [2.24, 2.45) is 0 Å². The van der Waals surface area contributed by atoms with E-state index in [1.165, 1.54) is 51.4 Å². The van der Waals surface area contributed by atoms with Gasteiger partial charge < -0.3 is 24.8 Å². The molecule has 0 saturated carbocycles. The maximum absolute atomic E-state index is 10.0. The van der Waals surface area contributed by atoms with Gasteiger partial charge in [-0.1, -0.05) is 64.0 Å². The molecule has 1 fully saturated rings. The van der Waals surface area contributed by atoms with Gasteiger partial charge in [-0.3, -0.25) is 0 Å². The monoisotopic (exact) mass is 358 g/mol. The number of aliphatic hydroxyl groups excluding tert-OH is 3. The van der Waals surface area contributed by atoms with Crippen LogP contribution < -0.4 is 0 Å². The van der Waals surface area contributed by atoms with Crippen molar-refractivity contribution in [1.29, 1.82) is 0 Å². The van der Waals surface area contributed by atoms with E-state index in [4.69, 9.17) is 14.6 Å². The van der Waals surface area contributed by atoms with E-state index in [2.05, 4.69) is 19.1 Å². The van der Waals surface area contributed by atoms with E-state index in [1.54, 1.807) is 0 Å². The lowest BCUT2D eigenvalue weighted by Gasteiger charge is -2.20. The third-order valence-corrected chi connectivity index (χ3v) is 4.74. The number of hydrogen-bond acceptors (Lipinski definition) is 5. The van der Waals surface area contributed by atoms with Crippen molar-refractivity contribution in [2.75, 3.05) is 19.8 Å². The number of ether oxygens (including phenoxy) is 2. The van der Waals surface area contributed by atoms with Gasteiger partial charge in [-0.05, 0) is 19.3 Å². The standard InChI is InChI=1S/C20H38O5/c1-2-3-4-5-6-7-8-9-10-11-12-13-14-24-18-16-25-20(19(18)23)17(22)15-21/h11-12,17-23H,2-10,13-16H2,1H3/b12-11+/t17-,18+,19-,20-/m0/s1. The van der Waals surface area contributed by atoms with Gasteiger partial charge in [-0.25, -0.2) is 0 Å². The van der Waals surface area contributed by atoms with Gasteiger partial charge in [0.1, 0.15) is 24.4 Å². The summed E-state index contributed by atoms with van der Waals surface area (Å²) in [6, 6.07) is 0. The van der Waals surface area contributed by atoms with E-state index in [0.717, 1.165) is 12.8 Å². The van der Waals surface area contributed by atoms with Crippen molar-refractivity contribution in [3.05, 3.63) is 12.2 Å². The number of hydrogen-bond donors (Lipinski definition) is 3. The Morgan fingerprint density at radius 2 is 1.68 bits per heavy atom. The Labute approximate surface area is 153 Å². The zero-order chi connectivity index (χ0) is 18.3. The smallest absolute Gasteiger partial charge is 0.114 e. The van der Waals surface area contributed by atoms with Crippen LogP contribution in [0.25, 0.3) is 0 Å². The second kappa shape index (κ2) is 14.7. The van der Waals surface area contributed by atoms with Crippen molar-refractivity contribution >= 4 is 0 Å². The highest BCUT2D eigenvalue weighted by Crippen LogP contribution is 2.20. The van der Waals surface area contributed by atoms with Crippen molar-refractivity contribution in [1.82, 2.24) is 0 Å². The molecular formula is C20H38O5. The molecule has 1 heterocycles. The third kappa shape index (κ3) is 9.71. The van der Waals surface area contributed by atoms with E-state index in [1.807, 2.05) is 0 Å². The molecule has 4 atom stereocenters. The van der Waals surface area contributed by atoms with Gasteiger partial charge in [0, 0.05) is 0 Å². The lowest BCUT2D eigenvalue weighted by molar-refractivity contribution is -0.0726. The Morgan fingerprint density at radius 1 is 1.04 bits per heavy atom. The number of unbranched alkanes of at least 4 members (excludes halogenated alkanes) is 8. The molecule has 5 nitrogen and oxygen atoms in total. The third-order valence-electron chi connectivity index (χ3n) is 4.74. The molecule has 0 radical (unpaired) electrons. The summed E-state index contributed by atoms with van der Waals surface area (Å²) in [5, 5.41) is 28.4. The second-order valence-corrected chi connectivity index (χ2v) is 6.97. The van der Waals surface area contributed by atoms with E-state index in [9.17, 15) is 10.2 Å². The molecule has 0 amide bonds. The maximum atomic E-state index is 10.0. The molecule has 148 valence electrons. The van der Waals surface area contributed by atoms with Crippen LogP contribution in [0.2, 0.25) is 0 Å². The van der Waals surface area contributed by atoms with Crippen LogP contribution in [0, 0.1) is 0 Å². The van der Waals surface area contributed by atoms with Crippen LogP contribution in [-0.4, -0.2) is 59.6 Å². The largest absolute Gasteiger partial charge is 0.394 e. The van der Waals surface area contributed by atoms with Gasteiger partial charge >= 0.3 is 0 Å². The average molecular weight is 359 g/mol. The lowest BCUT2D eigenvalue weighted by atomic mass is 10.1. The molecule has 0 aromatic rings. The van der Waals surface area contributed by atoms with Crippen molar-refractivity contribution in [3.63, 3.8) is 0 Å². The highest BCUT2D eigenvalue weighted by atomic mass is 16.6. The van der Waals surface area contributed by atoms with Crippen LogP contribution in [-0.2, 0) is 9.47 Å². The molecule has 0 spiro atoms. The minimum atomic E-state index is -1.06. The van der Waals surface area contributed by atoms with E-state index >= 15 is 0 Å². The van der Waals surface area contributed by atoms with Crippen LogP contribution in [0.3, 0.4) is 0 Å². The van der Waals surface area contributed by atoms with Gasteiger partial charge in [0.2, 0.25) is 0 Å². The van der Waals surface area contributed by atoms with Gasteiger partial charge in [0.25, 0.3) is 0 Å². The number of allylic oxidation sites excluding steroid dienone is 1. The second-order valence-electron chi connectivity index (χ2n) is 6.97. The summed E-state index contributed by atoms with van der Waals surface area (Å²) in [4.78, 5) is 0. The van der Waals surface area contributed by atoms with Crippen molar-refractivity contribution in [2.45, 2.75) is 95.5 Å². The average Bonchev–Trinajstić information content (AvgIpc) is 2.99. The summed E-state index contributed by atoms with van der Waals surface area (Å²) in [6.07, 6.45) is 13.9. The summed E-state index contributed by atoms with van der Waals surface area (Å²) < 4.78 is 10.9. The van der Waals surface area contributed by atoms with Crippen LogP contribution in [0.1, 0.15) is 71.1 Å². The highest BCUT2D eigenvalue weighted by molar-refractivity contribution is 4.89.